The van der Waals surface area contributed by atoms with Gasteiger partial charge in [-0.15, -0.1) is 23.1 Å². The van der Waals surface area contributed by atoms with E-state index in [1.807, 2.05) is 0 Å². The number of fused-ring (bicyclic) bond motifs is 1. The number of methoxy groups -OCH3 is 1. The fourth-order valence-corrected chi connectivity index (χ4v) is 5.75. The van der Waals surface area contributed by atoms with Crippen LogP contribution in [0.4, 0.5) is 5.13 Å². The van der Waals surface area contributed by atoms with Crippen LogP contribution in [0.2, 0.25) is 0 Å². The summed E-state index contributed by atoms with van der Waals surface area (Å²) in [6, 6.07) is -1.07. The molecule has 0 spiro atoms. The van der Waals surface area contributed by atoms with Crippen LogP contribution in [0.25, 0.3) is 0 Å². The van der Waals surface area contributed by atoms with E-state index in [9.17, 15) is 29.4 Å². The minimum atomic E-state index is -1.34. The van der Waals surface area contributed by atoms with Crippen molar-refractivity contribution in [3.05, 3.63) is 33.2 Å². The number of thioether (sulfide) groups is 2. The van der Waals surface area contributed by atoms with Gasteiger partial charge in [0.25, 0.3) is 11.8 Å². The standard InChI is InChI=1S/C18H18N6O8S3.Na/c1-31-10(26)2-3-33-8-6-34-16-12(15(28)24(16)13(8)17(29)30)22-14(27)11(23-32-4-9(19)25)7-5-35-18(20)21-7;/h2-3,5,12,16H,4,6H2,1H3,(H2,19,25)(H2,20,21)(H,22,27)(H,29,30);/q;+1/p-1/b3-2-,23-11+;/t12-,16-;/m1./s1. The third kappa shape index (κ3) is 6.80. The van der Waals surface area contributed by atoms with Crippen LogP contribution in [0.15, 0.2) is 32.6 Å². The summed E-state index contributed by atoms with van der Waals surface area (Å²) >= 11 is 3.21. The number of nitrogens with zero attached hydrogens (tertiary/aromatic N) is 3. The van der Waals surface area contributed by atoms with E-state index >= 15 is 0 Å². The van der Waals surface area contributed by atoms with Crippen molar-refractivity contribution in [1.82, 2.24) is 15.2 Å². The Morgan fingerprint density at radius 2 is 2.22 bits per heavy atom. The molecule has 0 unspecified atom stereocenters. The molecule has 0 bridgehead atoms. The van der Waals surface area contributed by atoms with Crippen molar-refractivity contribution in [2.45, 2.75) is 11.4 Å². The van der Waals surface area contributed by atoms with Crippen molar-refractivity contribution < 1.29 is 68.5 Å². The number of nitrogens with one attached hydrogen (secondary N) is 2. The summed E-state index contributed by atoms with van der Waals surface area (Å²) in [5.74, 6) is -4.35. The van der Waals surface area contributed by atoms with Gasteiger partial charge in [-0.25, -0.2) is 14.6 Å². The molecule has 1 saturated heterocycles. The maximum absolute atomic E-state index is 12.9. The maximum Gasteiger partial charge on any atom is 1.00 e. The molecule has 2 atom stereocenters. The summed E-state index contributed by atoms with van der Waals surface area (Å²) in [5, 5.41) is 35.6. The van der Waals surface area contributed by atoms with Gasteiger partial charge in [0, 0.05) is 22.1 Å². The fraction of sp³-hybridized carbons (Fsp3) is 0.278. The molecule has 1 aromatic rings. The van der Waals surface area contributed by atoms with E-state index in [2.05, 4.69) is 20.2 Å². The number of carbonyl (C=O) groups excluding carboxylic acids is 3. The normalized spacial score (nSPS) is 19.2. The monoisotopic (exact) mass is 564 g/mol. The Bertz CT molecular complexity index is 1170. The first-order chi connectivity index (χ1) is 16.6. The van der Waals surface area contributed by atoms with E-state index in [1.165, 1.54) is 29.7 Å². The number of aromatic nitrogens is 1. The molecule has 2 amide bonds. The van der Waals surface area contributed by atoms with Crippen LogP contribution in [0.5, 0.6) is 0 Å². The number of hydrogen-bond donors (Lipinski definition) is 4. The van der Waals surface area contributed by atoms with Gasteiger partial charge in [0.05, 0.1) is 7.11 Å². The summed E-state index contributed by atoms with van der Waals surface area (Å²) in [7, 11) is 1.20. The van der Waals surface area contributed by atoms with Gasteiger partial charge in [-0.05, 0) is 11.3 Å². The SMILES string of the molecule is COC(=O)/C=C\SC1=C(C(=O)O)N2C(=O)[C@@H](NC(=O)/C(=N/OCC(=N)[O-])c3csc(N)n3)[C@H]2SC1.[Na+]. The first-order valence-electron chi connectivity index (χ1n) is 9.43. The molecule has 0 radical (unpaired) electrons. The predicted octanol–water partition coefficient (Wildman–Crippen LogP) is -4.10. The van der Waals surface area contributed by atoms with Crippen LogP contribution < -0.4 is 45.7 Å². The number of esters is 1. The van der Waals surface area contributed by atoms with Crippen LogP contribution in [-0.2, 0) is 28.8 Å². The van der Waals surface area contributed by atoms with Gasteiger partial charge in [-0.1, -0.05) is 16.9 Å². The number of oxime groups is 1. The van der Waals surface area contributed by atoms with Gasteiger partial charge in [-0.2, -0.15) is 0 Å². The third-order valence-corrected chi connectivity index (χ3v) is 7.40. The first-order valence-corrected chi connectivity index (χ1v) is 12.2. The average Bonchev–Trinajstić information content (AvgIpc) is 3.24. The van der Waals surface area contributed by atoms with Crippen molar-refractivity contribution in [2.24, 2.45) is 5.16 Å². The van der Waals surface area contributed by atoms with Gasteiger partial charge in [0.15, 0.2) is 10.8 Å². The molecule has 2 aliphatic heterocycles. The molecule has 0 aliphatic carbocycles. The largest absolute Gasteiger partial charge is 1.00 e. The van der Waals surface area contributed by atoms with Crippen molar-refractivity contribution in [2.75, 3.05) is 25.2 Å². The molecule has 18 heteroatoms. The minimum absolute atomic E-state index is 0. The summed E-state index contributed by atoms with van der Waals surface area (Å²) in [5.41, 5.74) is 5.01. The topological polar surface area (TPSA) is 220 Å². The van der Waals surface area contributed by atoms with Crippen LogP contribution >= 0.6 is 34.9 Å². The number of amides is 2. The Morgan fingerprint density at radius 1 is 1.50 bits per heavy atom. The second kappa shape index (κ2) is 13.1. The zero-order chi connectivity index (χ0) is 25.7. The molecule has 0 saturated carbocycles. The Balaban J connectivity index is 0.00000456. The van der Waals surface area contributed by atoms with Gasteiger partial charge >= 0.3 is 41.5 Å². The molecule has 1 fully saturated rings. The number of nitrogens with two attached hydrogens (primary N) is 1. The number of aliphatic carboxylic acids is 1. The van der Waals surface area contributed by atoms with E-state index in [4.69, 9.17) is 16.0 Å². The third-order valence-electron chi connectivity index (χ3n) is 4.37. The number of carboxylic acids is 1. The number of carbonyl (C=O) groups is 4. The number of rotatable bonds is 10. The summed E-state index contributed by atoms with van der Waals surface area (Å²) < 4.78 is 4.48. The molecule has 3 rings (SSSR count). The summed E-state index contributed by atoms with van der Waals surface area (Å²) in [4.78, 5) is 58.8. The number of nitrogen functional groups attached to an aromatic ring is 1. The number of ether oxygens (including phenoxy) is 1. The van der Waals surface area contributed by atoms with Crippen molar-refractivity contribution in [1.29, 1.82) is 5.41 Å². The molecule has 0 aromatic carbocycles. The van der Waals surface area contributed by atoms with E-state index < -0.39 is 47.7 Å². The van der Waals surface area contributed by atoms with Gasteiger partial charge in [0.1, 0.15) is 29.4 Å². The Labute approximate surface area is 238 Å². The van der Waals surface area contributed by atoms with Gasteiger partial charge < -0.3 is 36.2 Å². The van der Waals surface area contributed by atoms with E-state index in [0.717, 1.165) is 34.1 Å². The van der Waals surface area contributed by atoms with Crippen LogP contribution in [0, 0.1) is 5.41 Å². The number of anilines is 1. The molecule has 3 heterocycles. The Hall–Kier alpha value is -2.57. The minimum Gasteiger partial charge on any atom is -0.860 e. The van der Waals surface area contributed by atoms with E-state index in [0.29, 0.717) is 4.91 Å². The fourth-order valence-electron chi connectivity index (χ4n) is 2.89. The number of hydrogen-bond acceptors (Lipinski definition) is 14. The van der Waals surface area contributed by atoms with E-state index in [-0.39, 0.29) is 57.5 Å². The molecular formula is C18H17N6NaO8S3. The smallest absolute Gasteiger partial charge is 0.860 e. The molecule has 36 heavy (non-hydrogen) atoms. The average molecular weight is 565 g/mol. The van der Waals surface area contributed by atoms with Crippen molar-refractivity contribution >= 4 is 75.4 Å². The van der Waals surface area contributed by atoms with Crippen LogP contribution in [0.1, 0.15) is 5.69 Å². The quantitative estimate of drug-likeness (QED) is 0.0405. The molecule has 1 aromatic heterocycles. The molecule has 14 nitrogen and oxygen atoms in total. The van der Waals surface area contributed by atoms with Crippen LogP contribution in [0.3, 0.4) is 0 Å². The first kappa shape index (κ1) is 29.7. The molecular weight excluding hydrogens is 547 g/mol. The Kier molecular flexibility index (Phi) is 10.8. The van der Waals surface area contributed by atoms with Crippen molar-refractivity contribution in [3.63, 3.8) is 0 Å². The molecule has 2 aliphatic rings. The Morgan fingerprint density at radius 3 is 2.81 bits per heavy atom. The second-order valence-electron chi connectivity index (χ2n) is 6.59. The number of β-lactam (4-membered cyclic amide) rings is 1. The number of carboxylic acid groups (broad SMARTS) is 1. The zero-order valence-corrected chi connectivity index (χ0v) is 23.2. The predicted molar refractivity (Wildman–Crippen MR) is 125 cm³/mol. The second-order valence-corrected chi connectivity index (χ2v) is 9.58. The molecule has 186 valence electrons. The summed E-state index contributed by atoms with van der Waals surface area (Å²) in [6.45, 7) is -0.706. The zero-order valence-electron chi connectivity index (χ0n) is 18.7. The maximum atomic E-state index is 12.9. The van der Waals surface area contributed by atoms with Gasteiger partial charge in [0.2, 0.25) is 0 Å². The van der Waals surface area contributed by atoms with Crippen molar-refractivity contribution in [3.8, 4) is 0 Å². The van der Waals surface area contributed by atoms with E-state index in [1.54, 1.807) is 0 Å². The van der Waals surface area contributed by atoms with Gasteiger partial charge in [-0.3, -0.25) is 14.5 Å². The number of thiazole rings is 1. The molecule has 5 N–H and O–H groups in total. The van der Waals surface area contributed by atoms with Crippen LogP contribution in [-0.4, -0.2) is 81.2 Å². The summed E-state index contributed by atoms with van der Waals surface area (Å²) in [6.07, 6.45) is 1.12.